The lowest BCUT2D eigenvalue weighted by Crippen LogP contribution is -2.37. The van der Waals surface area contributed by atoms with E-state index < -0.39 is 32.5 Å². The van der Waals surface area contributed by atoms with Crippen LogP contribution in [0.1, 0.15) is 142 Å². The van der Waals surface area contributed by atoms with Gasteiger partial charge in [0.05, 0.1) is 27.7 Å². The molecule has 0 aromatic rings. The highest BCUT2D eigenvalue weighted by Crippen LogP contribution is 2.38. The topological polar surface area (TPSA) is 111 Å². The van der Waals surface area contributed by atoms with E-state index in [1.807, 2.05) is 27.2 Å². The standard InChI is InChI=1S/C48H80NO8P/c1-6-8-10-12-14-16-18-20-22-24-26-28-30-32-34-36-38-40-47(50)54-44-46(45-56-58(52,53)55-43-42-49(3,4)5)57-48(51)41-39-37-35-33-31-29-27-25-23-21-19-17-15-13-11-9-7-2/h8-11,14-17,20-23,27,29,33,35,46H,6-7,12-13,18-19,24-26,28,30-32,34,36-45H2,1-5H3/b10-8-,11-9-,16-14-,17-15-,22-20-,23-21-,29-27-,35-33-. The summed E-state index contributed by atoms with van der Waals surface area (Å²) in [6.07, 6.45) is 51.6. The minimum Gasteiger partial charge on any atom is -0.756 e. The van der Waals surface area contributed by atoms with E-state index >= 15 is 0 Å². The summed E-state index contributed by atoms with van der Waals surface area (Å²) in [6.45, 7) is 3.90. The smallest absolute Gasteiger partial charge is 0.306 e. The molecular formula is C48H80NO8P. The molecule has 0 aromatic carbocycles. The molecule has 0 aliphatic carbocycles. The second-order valence-electron chi connectivity index (χ2n) is 15.3. The van der Waals surface area contributed by atoms with Crippen molar-refractivity contribution < 1.29 is 42.1 Å². The predicted octanol–water partition coefficient (Wildman–Crippen LogP) is 11.9. The van der Waals surface area contributed by atoms with Crippen LogP contribution in [0, 0.1) is 0 Å². The SMILES string of the molecule is CC/C=C\C/C=C\C/C=C\C/C=C\C/C=C\CCCC(=O)OC(COC(=O)CCCCCCCCC/C=C\C/C=C\C/C=C\CC)COP(=O)([O-])OCC[N+](C)(C)C. The van der Waals surface area contributed by atoms with Crippen LogP contribution in [0.2, 0.25) is 0 Å². The van der Waals surface area contributed by atoms with Crippen molar-refractivity contribution in [2.24, 2.45) is 0 Å². The van der Waals surface area contributed by atoms with Gasteiger partial charge in [-0.1, -0.05) is 143 Å². The zero-order valence-corrected chi connectivity index (χ0v) is 37.8. The van der Waals surface area contributed by atoms with Gasteiger partial charge in [0, 0.05) is 12.8 Å². The fourth-order valence-corrected chi connectivity index (χ4v) is 5.96. The molecule has 0 bridgehead atoms. The molecule has 0 aliphatic rings. The Labute approximate surface area is 353 Å². The molecule has 0 fully saturated rings. The first-order valence-corrected chi connectivity index (χ1v) is 23.4. The van der Waals surface area contributed by atoms with E-state index in [4.69, 9.17) is 18.5 Å². The van der Waals surface area contributed by atoms with Crippen LogP contribution in [0.4, 0.5) is 0 Å². The lowest BCUT2D eigenvalue weighted by atomic mass is 10.1. The summed E-state index contributed by atoms with van der Waals surface area (Å²) in [5.41, 5.74) is 0. The van der Waals surface area contributed by atoms with Crippen LogP contribution in [0.5, 0.6) is 0 Å². The van der Waals surface area contributed by atoms with Gasteiger partial charge in [0.2, 0.25) is 0 Å². The highest BCUT2D eigenvalue weighted by atomic mass is 31.2. The van der Waals surface area contributed by atoms with Crippen LogP contribution in [0.15, 0.2) is 97.2 Å². The molecule has 0 amide bonds. The van der Waals surface area contributed by atoms with Crippen LogP contribution in [0.3, 0.4) is 0 Å². The zero-order chi connectivity index (χ0) is 42.8. The van der Waals surface area contributed by atoms with E-state index in [1.54, 1.807) is 0 Å². The monoisotopic (exact) mass is 830 g/mol. The number of carbonyl (C=O) groups is 2. The fraction of sp³-hybridized carbons (Fsp3) is 0.625. The number of carbonyl (C=O) groups excluding carboxylic acids is 2. The predicted molar refractivity (Wildman–Crippen MR) is 240 cm³/mol. The second kappa shape index (κ2) is 39.4. The Morgan fingerprint density at radius 2 is 0.948 bits per heavy atom. The number of esters is 2. The van der Waals surface area contributed by atoms with E-state index in [0.717, 1.165) is 77.0 Å². The molecule has 0 heterocycles. The normalized spacial score (nSPS) is 14.5. The van der Waals surface area contributed by atoms with Gasteiger partial charge < -0.3 is 27.9 Å². The molecule has 9 nitrogen and oxygen atoms in total. The summed E-state index contributed by atoms with van der Waals surface area (Å²) in [4.78, 5) is 37.5. The molecule has 0 aliphatic heterocycles. The number of hydrogen-bond acceptors (Lipinski definition) is 8. The van der Waals surface area contributed by atoms with Crippen molar-refractivity contribution in [2.45, 2.75) is 148 Å². The van der Waals surface area contributed by atoms with Crippen molar-refractivity contribution in [1.29, 1.82) is 0 Å². The molecule has 0 saturated heterocycles. The highest BCUT2D eigenvalue weighted by Gasteiger charge is 2.21. The van der Waals surface area contributed by atoms with Crippen molar-refractivity contribution in [1.82, 2.24) is 0 Å². The number of allylic oxidation sites excluding steroid dienone is 16. The van der Waals surface area contributed by atoms with E-state index in [1.165, 1.54) is 19.3 Å². The van der Waals surface area contributed by atoms with Gasteiger partial charge in [-0.2, -0.15) is 0 Å². The number of unbranched alkanes of at least 4 members (excludes halogenated alkanes) is 8. The third kappa shape index (κ3) is 42.5. The van der Waals surface area contributed by atoms with Gasteiger partial charge in [0.25, 0.3) is 7.82 Å². The largest absolute Gasteiger partial charge is 0.756 e. The maximum absolute atomic E-state index is 12.7. The third-order valence-electron chi connectivity index (χ3n) is 8.60. The Hall–Kier alpha value is -3.07. The van der Waals surface area contributed by atoms with Gasteiger partial charge in [-0.3, -0.25) is 14.2 Å². The molecule has 0 aromatic heterocycles. The fourth-order valence-electron chi connectivity index (χ4n) is 5.23. The lowest BCUT2D eigenvalue weighted by molar-refractivity contribution is -0.870. The number of quaternary nitrogens is 1. The maximum Gasteiger partial charge on any atom is 0.306 e. The number of ether oxygens (including phenoxy) is 2. The van der Waals surface area contributed by atoms with Crippen LogP contribution >= 0.6 is 7.82 Å². The van der Waals surface area contributed by atoms with E-state index in [0.29, 0.717) is 30.3 Å². The van der Waals surface area contributed by atoms with Crippen molar-refractivity contribution in [3.63, 3.8) is 0 Å². The maximum atomic E-state index is 12.7. The van der Waals surface area contributed by atoms with E-state index in [-0.39, 0.29) is 26.1 Å². The van der Waals surface area contributed by atoms with Gasteiger partial charge in [-0.25, -0.2) is 0 Å². The Balaban J connectivity index is 4.49. The minimum absolute atomic E-state index is 0.0489. The first-order valence-electron chi connectivity index (χ1n) is 21.9. The molecule has 0 saturated carbocycles. The number of hydrogen-bond donors (Lipinski definition) is 0. The number of rotatable bonds is 38. The highest BCUT2D eigenvalue weighted by molar-refractivity contribution is 7.45. The minimum atomic E-state index is -4.65. The van der Waals surface area contributed by atoms with Gasteiger partial charge >= 0.3 is 11.9 Å². The van der Waals surface area contributed by atoms with Gasteiger partial charge in [0.15, 0.2) is 6.10 Å². The quantitative estimate of drug-likeness (QED) is 0.0199. The van der Waals surface area contributed by atoms with Crippen LogP contribution in [0.25, 0.3) is 0 Å². The second-order valence-corrected chi connectivity index (χ2v) is 16.7. The first-order chi connectivity index (χ1) is 28.0. The molecule has 330 valence electrons. The van der Waals surface area contributed by atoms with E-state index in [9.17, 15) is 19.0 Å². The molecule has 58 heavy (non-hydrogen) atoms. The Kier molecular flexibility index (Phi) is 37.3. The molecule has 0 radical (unpaired) electrons. The van der Waals surface area contributed by atoms with Crippen molar-refractivity contribution in [2.75, 3.05) is 47.5 Å². The summed E-state index contributed by atoms with van der Waals surface area (Å²) < 4.78 is 33.8. The molecule has 2 atom stereocenters. The molecule has 0 rings (SSSR count). The van der Waals surface area contributed by atoms with Gasteiger partial charge in [0.1, 0.15) is 19.8 Å². The van der Waals surface area contributed by atoms with E-state index in [2.05, 4.69) is 105 Å². The summed E-state index contributed by atoms with van der Waals surface area (Å²) >= 11 is 0. The Bertz CT molecular complexity index is 1300. The third-order valence-corrected chi connectivity index (χ3v) is 9.56. The van der Waals surface area contributed by atoms with Crippen molar-refractivity contribution in [3.05, 3.63) is 97.2 Å². The average Bonchev–Trinajstić information content (AvgIpc) is 3.17. The van der Waals surface area contributed by atoms with Crippen LogP contribution < -0.4 is 4.89 Å². The van der Waals surface area contributed by atoms with Crippen molar-refractivity contribution >= 4 is 19.8 Å². The van der Waals surface area contributed by atoms with Crippen molar-refractivity contribution in [3.8, 4) is 0 Å². The molecule has 0 N–H and O–H groups in total. The molecule has 0 spiro atoms. The Morgan fingerprint density at radius 1 is 0.534 bits per heavy atom. The number of nitrogens with zero attached hydrogens (tertiary/aromatic N) is 1. The van der Waals surface area contributed by atoms with Gasteiger partial charge in [-0.15, -0.1) is 0 Å². The zero-order valence-electron chi connectivity index (χ0n) is 36.9. The summed E-state index contributed by atoms with van der Waals surface area (Å²) in [6, 6.07) is 0. The van der Waals surface area contributed by atoms with Crippen LogP contribution in [-0.4, -0.2) is 70.0 Å². The molecule has 10 heteroatoms. The molecular weight excluding hydrogens is 750 g/mol. The number of phosphoric ester groups is 1. The lowest BCUT2D eigenvalue weighted by Gasteiger charge is -2.28. The Morgan fingerprint density at radius 3 is 1.43 bits per heavy atom. The summed E-state index contributed by atoms with van der Waals surface area (Å²) in [7, 11) is 1.10. The van der Waals surface area contributed by atoms with Crippen LogP contribution in [-0.2, 0) is 32.7 Å². The summed E-state index contributed by atoms with van der Waals surface area (Å²) in [5, 5.41) is 0. The average molecular weight is 830 g/mol. The number of likely N-dealkylation sites (N-methyl/N-ethyl adjacent to an activating group) is 1. The molecule has 2 unspecified atom stereocenters. The number of phosphoric acid groups is 1. The summed E-state index contributed by atoms with van der Waals surface area (Å²) in [5.74, 6) is -0.925. The first kappa shape index (κ1) is 54.9. The van der Waals surface area contributed by atoms with Gasteiger partial charge in [-0.05, 0) is 83.5 Å².